The van der Waals surface area contributed by atoms with Gasteiger partial charge in [-0.05, 0) is 62.1 Å². The summed E-state index contributed by atoms with van der Waals surface area (Å²) in [5.41, 5.74) is 1.84. The first-order valence-corrected chi connectivity index (χ1v) is 9.67. The van der Waals surface area contributed by atoms with Crippen molar-refractivity contribution in [2.24, 2.45) is 0 Å². The Labute approximate surface area is 163 Å². The molecule has 4 rings (SSSR count). The van der Waals surface area contributed by atoms with E-state index in [1.807, 2.05) is 23.1 Å². The van der Waals surface area contributed by atoms with Crippen LogP contribution in [0.3, 0.4) is 0 Å². The minimum absolute atomic E-state index is 0.00341. The van der Waals surface area contributed by atoms with Crippen LogP contribution in [0.25, 0.3) is 22.8 Å². The first-order chi connectivity index (χ1) is 13.7. The number of rotatable bonds is 4. The molecule has 3 aromatic rings. The number of halogens is 1. The number of nitrogens with zero attached hydrogens (tertiary/aromatic N) is 3. The maximum Gasteiger partial charge on any atom is 0.259 e. The molecule has 6 heteroatoms. The highest BCUT2D eigenvalue weighted by atomic mass is 19.1. The van der Waals surface area contributed by atoms with Crippen molar-refractivity contribution in [3.63, 3.8) is 0 Å². The fourth-order valence-electron chi connectivity index (χ4n) is 3.75. The fourth-order valence-corrected chi connectivity index (χ4v) is 3.75. The van der Waals surface area contributed by atoms with E-state index in [9.17, 15) is 9.18 Å². The Morgan fingerprint density at radius 3 is 2.75 bits per heavy atom. The molecule has 0 spiro atoms. The van der Waals surface area contributed by atoms with Crippen LogP contribution in [0.15, 0.2) is 53.1 Å². The third kappa shape index (κ3) is 3.54. The molecule has 2 heterocycles. The molecule has 0 bridgehead atoms. The zero-order chi connectivity index (χ0) is 19.5. The Bertz CT molecular complexity index is 968. The maximum absolute atomic E-state index is 13.3. The summed E-state index contributed by atoms with van der Waals surface area (Å²) in [7, 11) is 0. The van der Waals surface area contributed by atoms with Gasteiger partial charge < -0.3 is 9.42 Å². The quantitative estimate of drug-likeness (QED) is 0.644. The van der Waals surface area contributed by atoms with Crippen molar-refractivity contribution in [2.75, 3.05) is 6.54 Å². The molecule has 0 radical (unpaired) electrons. The zero-order valence-corrected chi connectivity index (χ0v) is 15.8. The van der Waals surface area contributed by atoms with Gasteiger partial charge >= 0.3 is 0 Å². The third-order valence-electron chi connectivity index (χ3n) is 5.28. The summed E-state index contributed by atoms with van der Waals surface area (Å²) in [6, 6.07) is 13.5. The predicted molar refractivity (Wildman–Crippen MR) is 104 cm³/mol. The molecule has 1 saturated heterocycles. The summed E-state index contributed by atoms with van der Waals surface area (Å²) in [5.74, 6) is 0.328. The Balaban J connectivity index is 1.67. The zero-order valence-electron chi connectivity index (χ0n) is 15.8. The van der Waals surface area contributed by atoms with Crippen LogP contribution in [0, 0.1) is 5.82 Å². The molecule has 0 aliphatic carbocycles. The molecule has 1 aliphatic heterocycles. The normalized spacial score (nSPS) is 16.9. The molecule has 1 aliphatic rings. The van der Waals surface area contributed by atoms with Gasteiger partial charge in [0, 0.05) is 18.2 Å². The molecule has 1 aromatic heterocycles. The SMILES string of the molecule is CC[C@H]1CCCCN1C(=O)c1ccccc1-c1nc(-c2ccc(F)cc2)no1. The molecule has 1 atom stereocenters. The fraction of sp³-hybridized carbons (Fsp3) is 0.318. The highest BCUT2D eigenvalue weighted by molar-refractivity contribution is 6.00. The number of likely N-dealkylation sites (tertiary alicyclic amines) is 1. The molecular weight excluding hydrogens is 357 g/mol. The summed E-state index contributed by atoms with van der Waals surface area (Å²) >= 11 is 0. The van der Waals surface area contributed by atoms with E-state index in [1.165, 1.54) is 12.1 Å². The van der Waals surface area contributed by atoms with E-state index in [0.717, 1.165) is 32.2 Å². The van der Waals surface area contributed by atoms with Gasteiger partial charge in [-0.15, -0.1) is 0 Å². The summed E-state index contributed by atoms with van der Waals surface area (Å²) in [6.07, 6.45) is 4.18. The Kier molecular flexibility index (Phi) is 5.19. The van der Waals surface area contributed by atoms with Crippen molar-refractivity contribution < 1.29 is 13.7 Å². The molecule has 2 aromatic carbocycles. The number of carbonyl (C=O) groups is 1. The maximum atomic E-state index is 13.3. The molecule has 1 amide bonds. The summed E-state index contributed by atoms with van der Waals surface area (Å²) in [4.78, 5) is 19.7. The van der Waals surface area contributed by atoms with Gasteiger partial charge in [0.05, 0.1) is 11.1 Å². The van der Waals surface area contributed by atoms with Crippen LogP contribution in [0.2, 0.25) is 0 Å². The Morgan fingerprint density at radius 1 is 1.18 bits per heavy atom. The number of hydrogen-bond donors (Lipinski definition) is 0. The smallest absolute Gasteiger partial charge is 0.259 e. The Morgan fingerprint density at radius 2 is 1.96 bits per heavy atom. The Hall–Kier alpha value is -3.02. The number of hydrogen-bond acceptors (Lipinski definition) is 4. The minimum Gasteiger partial charge on any atom is -0.336 e. The van der Waals surface area contributed by atoms with Crippen LogP contribution in [-0.2, 0) is 0 Å². The standard InChI is InChI=1S/C22H22FN3O2/c1-2-17-7-5-6-14-26(17)22(27)19-9-4-3-8-18(19)21-24-20(25-28-21)15-10-12-16(23)13-11-15/h3-4,8-13,17H,2,5-7,14H2,1H3/t17-/m0/s1. The van der Waals surface area contributed by atoms with Gasteiger partial charge in [-0.3, -0.25) is 4.79 Å². The molecule has 28 heavy (non-hydrogen) atoms. The molecular formula is C22H22FN3O2. The lowest BCUT2D eigenvalue weighted by atomic mass is 9.97. The van der Waals surface area contributed by atoms with Crippen LogP contribution in [-0.4, -0.2) is 33.5 Å². The van der Waals surface area contributed by atoms with Crippen molar-refractivity contribution in [1.82, 2.24) is 15.0 Å². The first kappa shape index (κ1) is 18.3. The number of amides is 1. The second-order valence-electron chi connectivity index (χ2n) is 7.03. The van der Waals surface area contributed by atoms with Crippen LogP contribution in [0.5, 0.6) is 0 Å². The summed E-state index contributed by atoms with van der Waals surface area (Å²) in [6.45, 7) is 2.89. The second-order valence-corrected chi connectivity index (χ2v) is 7.03. The number of carbonyl (C=O) groups excluding carboxylic acids is 1. The van der Waals surface area contributed by atoms with Crippen LogP contribution >= 0.6 is 0 Å². The molecule has 5 nitrogen and oxygen atoms in total. The minimum atomic E-state index is -0.324. The average Bonchev–Trinajstić information content (AvgIpc) is 3.24. The molecule has 0 saturated carbocycles. The van der Waals surface area contributed by atoms with E-state index in [0.29, 0.717) is 22.5 Å². The van der Waals surface area contributed by atoms with Gasteiger partial charge in [-0.25, -0.2) is 4.39 Å². The highest BCUT2D eigenvalue weighted by Gasteiger charge is 2.28. The van der Waals surface area contributed by atoms with Crippen molar-refractivity contribution in [2.45, 2.75) is 38.6 Å². The van der Waals surface area contributed by atoms with E-state index >= 15 is 0 Å². The molecule has 144 valence electrons. The van der Waals surface area contributed by atoms with Gasteiger partial charge in [0.2, 0.25) is 5.82 Å². The van der Waals surface area contributed by atoms with Gasteiger partial charge in [-0.1, -0.05) is 24.2 Å². The van der Waals surface area contributed by atoms with Gasteiger partial charge in [-0.2, -0.15) is 4.98 Å². The largest absolute Gasteiger partial charge is 0.336 e. The van der Waals surface area contributed by atoms with E-state index in [-0.39, 0.29) is 23.7 Å². The van der Waals surface area contributed by atoms with Crippen LogP contribution in [0.1, 0.15) is 43.0 Å². The molecule has 1 fully saturated rings. The number of piperidine rings is 1. The highest BCUT2D eigenvalue weighted by Crippen LogP contribution is 2.28. The van der Waals surface area contributed by atoms with E-state index in [4.69, 9.17) is 4.52 Å². The lowest BCUT2D eigenvalue weighted by Gasteiger charge is -2.35. The van der Waals surface area contributed by atoms with Crippen LogP contribution < -0.4 is 0 Å². The van der Waals surface area contributed by atoms with E-state index < -0.39 is 0 Å². The second kappa shape index (κ2) is 7.92. The summed E-state index contributed by atoms with van der Waals surface area (Å²) < 4.78 is 18.6. The van der Waals surface area contributed by atoms with Gasteiger partial charge in [0.25, 0.3) is 11.8 Å². The van der Waals surface area contributed by atoms with Gasteiger partial charge in [0.1, 0.15) is 5.82 Å². The number of benzene rings is 2. The molecule has 0 N–H and O–H groups in total. The van der Waals surface area contributed by atoms with Crippen molar-refractivity contribution in [1.29, 1.82) is 0 Å². The molecule has 0 unspecified atom stereocenters. The summed E-state index contributed by atoms with van der Waals surface area (Å²) in [5, 5.41) is 4.00. The third-order valence-corrected chi connectivity index (χ3v) is 5.28. The van der Waals surface area contributed by atoms with Crippen molar-refractivity contribution >= 4 is 5.91 Å². The van der Waals surface area contributed by atoms with Crippen molar-refractivity contribution in [3.05, 3.63) is 59.9 Å². The van der Waals surface area contributed by atoms with Crippen molar-refractivity contribution in [3.8, 4) is 22.8 Å². The monoisotopic (exact) mass is 379 g/mol. The lowest BCUT2D eigenvalue weighted by Crippen LogP contribution is -2.43. The predicted octanol–water partition coefficient (Wildman–Crippen LogP) is 4.95. The first-order valence-electron chi connectivity index (χ1n) is 9.67. The van der Waals surface area contributed by atoms with Gasteiger partial charge in [0.15, 0.2) is 0 Å². The van der Waals surface area contributed by atoms with E-state index in [2.05, 4.69) is 17.1 Å². The lowest BCUT2D eigenvalue weighted by molar-refractivity contribution is 0.0608. The van der Waals surface area contributed by atoms with E-state index in [1.54, 1.807) is 18.2 Å². The average molecular weight is 379 g/mol. The topological polar surface area (TPSA) is 59.2 Å². The van der Waals surface area contributed by atoms with Crippen LogP contribution in [0.4, 0.5) is 4.39 Å². The number of aromatic nitrogens is 2.